The van der Waals surface area contributed by atoms with Gasteiger partial charge in [0.25, 0.3) is 0 Å². The molecule has 0 saturated carbocycles. The number of amides is 2. The van der Waals surface area contributed by atoms with E-state index in [1.54, 1.807) is 6.07 Å². The van der Waals surface area contributed by atoms with Crippen molar-refractivity contribution in [1.29, 1.82) is 0 Å². The Kier molecular flexibility index (Phi) is 4.99. The molecule has 0 fully saturated rings. The van der Waals surface area contributed by atoms with E-state index in [1.807, 2.05) is 24.3 Å². The molecule has 5 heteroatoms. The van der Waals surface area contributed by atoms with Gasteiger partial charge in [-0.1, -0.05) is 26.0 Å². The number of anilines is 2. The van der Waals surface area contributed by atoms with Gasteiger partial charge in [0.2, 0.25) is 0 Å². The third-order valence-electron chi connectivity index (χ3n) is 3.26. The minimum atomic E-state index is -0.551. The first kappa shape index (κ1) is 15.8. The van der Waals surface area contributed by atoms with Gasteiger partial charge in [-0.05, 0) is 35.7 Å². The highest BCUT2D eigenvalue weighted by atomic mass is 19.1. The molecular weight excluding hydrogens is 283 g/mol. The smallest absolute Gasteiger partial charge is 0.323 e. The first-order valence-corrected chi connectivity index (χ1v) is 7.01. The summed E-state index contributed by atoms with van der Waals surface area (Å²) in [4.78, 5) is 11.9. The van der Waals surface area contributed by atoms with Crippen molar-refractivity contribution in [2.24, 2.45) is 0 Å². The summed E-state index contributed by atoms with van der Waals surface area (Å²) in [5.74, 6) is 0.272. The number of hydrogen-bond acceptors (Lipinski definition) is 2. The van der Waals surface area contributed by atoms with Gasteiger partial charge in [0.15, 0.2) is 0 Å². The maximum atomic E-state index is 13.8. The van der Waals surface area contributed by atoms with E-state index in [9.17, 15) is 9.18 Å². The number of halogens is 1. The molecule has 0 aromatic heterocycles. The van der Waals surface area contributed by atoms with Crippen LogP contribution >= 0.6 is 0 Å². The zero-order valence-electron chi connectivity index (χ0n) is 12.8. The molecule has 0 aliphatic carbocycles. The topological polar surface area (TPSA) is 50.4 Å². The molecule has 0 bridgehead atoms. The maximum absolute atomic E-state index is 13.8. The highest BCUT2D eigenvalue weighted by molar-refractivity contribution is 5.99. The normalized spacial score (nSPS) is 10.4. The second-order valence-electron chi connectivity index (χ2n) is 5.20. The van der Waals surface area contributed by atoms with Crippen molar-refractivity contribution in [3.8, 4) is 5.75 Å². The summed E-state index contributed by atoms with van der Waals surface area (Å²) < 4.78 is 18.7. The first-order valence-electron chi connectivity index (χ1n) is 7.01. The van der Waals surface area contributed by atoms with Gasteiger partial charge >= 0.3 is 6.03 Å². The van der Waals surface area contributed by atoms with Crippen LogP contribution in [0.4, 0.5) is 20.6 Å². The molecule has 0 atom stereocenters. The average molecular weight is 302 g/mol. The predicted molar refractivity (Wildman–Crippen MR) is 86.1 cm³/mol. The SMILES string of the molecule is COc1ccc(NC(=O)Nc2ccc(C(C)C)cc2)c(F)c1. The van der Waals surface area contributed by atoms with Gasteiger partial charge in [-0.2, -0.15) is 0 Å². The summed E-state index contributed by atoms with van der Waals surface area (Å²) in [5.41, 5.74) is 1.93. The number of hydrogen-bond donors (Lipinski definition) is 2. The number of methoxy groups -OCH3 is 1. The quantitative estimate of drug-likeness (QED) is 0.867. The number of carbonyl (C=O) groups is 1. The van der Waals surface area contributed by atoms with Crippen molar-refractivity contribution < 1.29 is 13.9 Å². The number of carbonyl (C=O) groups excluding carboxylic acids is 1. The fraction of sp³-hybridized carbons (Fsp3) is 0.235. The van der Waals surface area contributed by atoms with Crippen LogP contribution in [-0.2, 0) is 0 Å². The Morgan fingerprint density at radius 1 is 1.09 bits per heavy atom. The number of ether oxygens (including phenoxy) is 1. The van der Waals surface area contributed by atoms with Crippen LogP contribution in [0.3, 0.4) is 0 Å². The Balaban J connectivity index is 2.00. The molecule has 2 N–H and O–H groups in total. The van der Waals surface area contributed by atoms with Crippen molar-refractivity contribution in [2.75, 3.05) is 17.7 Å². The van der Waals surface area contributed by atoms with Crippen LogP contribution in [-0.4, -0.2) is 13.1 Å². The van der Waals surface area contributed by atoms with Crippen molar-refractivity contribution in [1.82, 2.24) is 0 Å². The van der Waals surface area contributed by atoms with Gasteiger partial charge in [-0.15, -0.1) is 0 Å². The van der Waals surface area contributed by atoms with Gasteiger partial charge in [0.05, 0.1) is 12.8 Å². The van der Waals surface area contributed by atoms with Gasteiger partial charge in [0.1, 0.15) is 11.6 Å². The fourth-order valence-corrected chi connectivity index (χ4v) is 1.96. The number of urea groups is 1. The molecule has 0 unspecified atom stereocenters. The van der Waals surface area contributed by atoms with E-state index in [0.717, 1.165) is 0 Å². The summed E-state index contributed by atoms with van der Waals surface area (Å²) in [6, 6.07) is 11.3. The van der Waals surface area contributed by atoms with E-state index >= 15 is 0 Å². The monoisotopic (exact) mass is 302 g/mol. The average Bonchev–Trinajstić information content (AvgIpc) is 2.49. The second-order valence-corrected chi connectivity index (χ2v) is 5.20. The molecule has 2 aromatic rings. The van der Waals surface area contributed by atoms with Crippen LogP contribution in [0.1, 0.15) is 25.3 Å². The standard InChI is InChI=1S/C17H19FN2O2/c1-11(2)12-4-6-13(7-5-12)19-17(21)20-16-9-8-14(22-3)10-15(16)18/h4-11H,1-3H3,(H2,19,20,21). The molecule has 0 heterocycles. The molecule has 0 aliphatic rings. The summed E-state index contributed by atoms with van der Waals surface area (Å²) >= 11 is 0. The van der Waals surface area contributed by atoms with E-state index in [1.165, 1.54) is 24.8 Å². The molecule has 2 rings (SSSR count). The summed E-state index contributed by atoms with van der Waals surface area (Å²) in [6.07, 6.45) is 0. The van der Waals surface area contributed by atoms with Crippen molar-refractivity contribution in [2.45, 2.75) is 19.8 Å². The van der Waals surface area contributed by atoms with Crippen molar-refractivity contribution in [3.63, 3.8) is 0 Å². The largest absolute Gasteiger partial charge is 0.497 e. The van der Waals surface area contributed by atoms with Crippen LogP contribution in [0.2, 0.25) is 0 Å². The highest BCUT2D eigenvalue weighted by Crippen LogP contribution is 2.21. The fourth-order valence-electron chi connectivity index (χ4n) is 1.96. The minimum Gasteiger partial charge on any atom is -0.497 e. The zero-order chi connectivity index (χ0) is 16.1. The Labute approximate surface area is 129 Å². The number of rotatable bonds is 4. The van der Waals surface area contributed by atoms with Crippen LogP contribution < -0.4 is 15.4 Å². The maximum Gasteiger partial charge on any atom is 0.323 e. The van der Waals surface area contributed by atoms with Crippen molar-refractivity contribution in [3.05, 3.63) is 53.8 Å². The van der Waals surface area contributed by atoms with E-state index < -0.39 is 11.8 Å². The third-order valence-corrected chi connectivity index (χ3v) is 3.26. The third kappa shape index (κ3) is 3.97. The lowest BCUT2D eigenvalue weighted by atomic mass is 10.0. The zero-order valence-corrected chi connectivity index (χ0v) is 12.8. The molecule has 0 aliphatic heterocycles. The molecule has 2 aromatic carbocycles. The van der Waals surface area contributed by atoms with Gasteiger partial charge in [0, 0.05) is 11.8 Å². The molecule has 4 nitrogen and oxygen atoms in total. The molecule has 2 amide bonds. The van der Waals surface area contributed by atoms with E-state index in [-0.39, 0.29) is 5.69 Å². The van der Waals surface area contributed by atoms with E-state index in [0.29, 0.717) is 17.4 Å². The molecule has 22 heavy (non-hydrogen) atoms. The summed E-state index contributed by atoms with van der Waals surface area (Å²) in [5, 5.41) is 5.13. The lowest BCUT2D eigenvalue weighted by molar-refractivity contribution is 0.262. The minimum absolute atomic E-state index is 0.0945. The molecule has 0 spiro atoms. The van der Waals surface area contributed by atoms with Crippen LogP contribution in [0.5, 0.6) is 5.75 Å². The summed E-state index contributed by atoms with van der Waals surface area (Å²) in [6.45, 7) is 4.20. The molecule has 0 saturated heterocycles. The Morgan fingerprint density at radius 3 is 2.32 bits per heavy atom. The van der Waals surface area contributed by atoms with Gasteiger partial charge in [-0.25, -0.2) is 9.18 Å². The van der Waals surface area contributed by atoms with Crippen LogP contribution in [0.25, 0.3) is 0 Å². The molecule has 0 radical (unpaired) electrons. The number of nitrogens with one attached hydrogen (secondary N) is 2. The van der Waals surface area contributed by atoms with Crippen LogP contribution in [0, 0.1) is 5.82 Å². The molecular formula is C17H19FN2O2. The second kappa shape index (κ2) is 6.93. The first-order chi connectivity index (χ1) is 10.5. The van der Waals surface area contributed by atoms with Crippen LogP contribution in [0.15, 0.2) is 42.5 Å². The Hall–Kier alpha value is -2.56. The highest BCUT2D eigenvalue weighted by Gasteiger charge is 2.08. The lowest BCUT2D eigenvalue weighted by Gasteiger charge is -2.10. The summed E-state index contributed by atoms with van der Waals surface area (Å²) in [7, 11) is 1.45. The van der Waals surface area contributed by atoms with Gasteiger partial charge < -0.3 is 15.4 Å². The lowest BCUT2D eigenvalue weighted by Crippen LogP contribution is -2.20. The molecule has 116 valence electrons. The van der Waals surface area contributed by atoms with Crippen molar-refractivity contribution >= 4 is 17.4 Å². The Morgan fingerprint density at radius 2 is 1.77 bits per heavy atom. The van der Waals surface area contributed by atoms with E-state index in [2.05, 4.69) is 24.5 Å². The Bertz CT molecular complexity index is 654. The predicted octanol–water partition coefficient (Wildman–Crippen LogP) is 4.60. The van der Waals surface area contributed by atoms with E-state index in [4.69, 9.17) is 4.74 Å². The van der Waals surface area contributed by atoms with Gasteiger partial charge in [-0.3, -0.25) is 0 Å². The number of benzene rings is 2.